The van der Waals surface area contributed by atoms with Crippen LogP contribution in [-0.2, 0) is 0 Å². The summed E-state index contributed by atoms with van der Waals surface area (Å²) in [7, 11) is 0. The van der Waals surface area contributed by atoms with E-state index >= 15 is 0 Å². The Kier molecular flexibility index (Phi) is 3.64. The maximum Gasteiger partial charge on any atom is 0.387 e. The Morgan fingerprint density at radius 3 is 2.60 bits per heavy atom. The number of halogens is 2. The van der Waals surface area contributed by atoms with E-state index in [9.17, 15) is 8.78 Å². The SMILES string of the molecule is Cc1c(-c2ccc3cc(OC(F)F)cc(C)c3n2)oc2ccccc12. The number of aromatic nitrogens is 1. The fourth-order valence-corrected chi connectivity index (χ4v) is 3.09. The number of para-hydroxylation sites is 1. The Bertz CT molecular complexity index is 1090. The fraction of sp³-hybridized carbons (Fsp3) is 0.150. The molecule has 0 aliphatic heterocycles. The van der Waals surface area contributed by atoms with Gasteiger partial charge in [-0.3, -0.25) is 0 Å². The van der Waals surface area contributed by atoms with Gasteiger partial charge >= 0.3 is 6.61 Å². The molecule has 0 radical (unpaired) electrons. The number of hydrogen-bond acceptors (Lipinski definition) is 3. The number of hydrogen-bond donors (Lipinski definition) is 0. The van der Waals surface area contributed by atoms with Crippen molar-refractivity contribution in [3.8, 4) is 17.2 Å². The molecule has 4 rings (SSSR count). The summed E-state index contributed by atoms with van der Waals surface area (Å²) in [4.78, 5) is 4.68. The fourth-order valence-electron chi connectivity index (χ4n) is 3.09. The first kappa shape index (κ1) is 15.6. The maximum absolute atomic E-state index is 12.4. The quantitative estimate of drug-likeness (QED) is 0.468. The average Bonchev–Trinajstić information content (AvgIpc) is 2.91. The van der Waals surface area contributed by atoms with Gasteiger partial charge in [-0.15, -0.1) is 0 Å². The number of furan rings is 1. The minimum atomic E-state index is -2.85. The highest BCUT2D eigenvalue weighted by Crippen LogP contribution is 2.34. The van der Waals surface area contributed by atoms with Crippen molar-refractivity contribution >= 4 is 21.9 Å². The first-order valence-corrected chi connectivity index (χ1v) is 7.87. The van der Waals surface area contributed by atoms with E-state index < -0.39 is 6.61 Å². The van der Waals surface area contributed by atoms with E-state index in [1.165, 1.54) is 0 Å². The Morgan fingerprint density at radius 1 is 1.04 bits per heavy atom. The van der Waals surface area contributed by atoms with Crippen molar-refractivity contribution in [3.63, 3.8) is 0 Å². The zero-order valence-electron chi connectivity index (χ0n) is 13.7. The normalized spacial score (nSPS) is 11.6. The Hall–Kier alpha value is -2.95. The minimum Gasteiger partial charge on any atom is -0.454 e. The van der Waals surface area contributed by atoms with Gasteiger partial charge in [0.25, 0.3) is 0 Å². The van der Waals surface area contributed by atoms with Crippen LogP contribution in [-0.4, -0.2) is 11.6 Å². The van der Waals surface area contributed by atoms with Crippen LogP contribution in [0.2, 0.25) is 0 Å². The molecule has 2 heterocycles. The van der Waals surface area contributed by atoms with Gasteiger partial charge in [-0.1, -0.05) is 24.3 Å². The Labute approximate surface area is 142 Å². The molecule has 3 nitrogen and oxygen atoms in total. The van der Waals surface area contributed by atoms with Gasteiger partial charge in [0, 0.05) is 16.3 Å². The summed E-state index contributed by atoms with van der Waals surface area (Å²) >= 11 is 0. The molecule has 0 amide bonds. The number of pyridine rings is 1. The largest absolute Gasteiger partial charge is 0.454 e. The summed E-state index contributed by atoms with van der Waals surface area (Å²) in [6, 6.07) is 14.6. The van der Waals surface area contributed by atoms with Gasteiger partial charge in [0.05, 0.1) is 5.52 Å². The van der Waals surface area contributed by atoms with Gasteiger partial charge in [0.15, 0.2) is 5.76 Å². The smallest absolute Gasteiger partial charge is 0.387 e. The molecular weight excluding hydrogens is 324 g/mol. The van der Waals surface area contributed by atoms with E-state index in [0.29, 0.717) is 5.69 Å². The molecule has 2 aromatic carbocycles. The van der Waals surface area contributed by atoms with Crippen molar-refractivity contribution in [1.82, 2.24) is 4.98 Å². The topological polar surface area (TPSA) is 35.3 Å². The van der Waals surface area contributed by atoms with E-state index in [0.717, 1.165) is 38.8 Å². The monoisotopic (exact) mass is 339 g/mol. The number of benzene rings is 2. The Balaban J connectivity index is 1.85. The van der Waals surface area contributed by atoms with Crippen LogP contribution >= 0.6 is 0 Å². The van der Waals surface area contributed by atoms with Crippen LogP contribution in [0.25, 0.3) is 33.3 Å². The predicted octanol–water partition coefficient (Wildman–Crippen LogP) is 5.87. The second-order valence-electron chi connectivity index (χ2n) is 5.94. The summed E-state index contributed by atoms with van der Waals surface area (Å²) in [5.74, 6) is 0.852. The molecule has 0 spiro atoms. The van der Waals surface area contributed by atoms with E-state index in [4.69, 9.17) is 4.42 Å². The second kappa shape index (κ2) is 5.84. The van der Waals surface area contributed by atoms with E-state index in [-0.39, 0.29) is 5.75 Å². The molecule has 0 N–H and O–H groups in total. The predicted molar refractivity (Wildman–Crippen MR) is 93.1 cm³/mol. The van der Waals surface area contributed by atoms with Crippen molar-refractivity contribution in [1.29, 1.82) is 0 Å². The summed E-state index contributed by atoms with van der Waals surface area (Å²) in [5, 5.41) is 1.80. The number of nitrogens with zero attached hydrogens (tertiary/aromatic N) is 1. The van der Waals surface area contributed by atoms with Crippen LogP contribution in [0.15, 0.2) is 52.9 Å². The molecular formula is C20H15F2NO2. The summed E-state index contributed by atoms with van der Waals surface area (Å²) in [5.41, 5.74) is 4.06. The van der Waals surface area contributed by atoms with Crippen molar-refractivity contribution in [2.45, 2.75) is 20.5 Å². The highest BCUT2D eigenvalue weighted by atomic mass is 19.3. The molecule has 0 saturated heterocycles. The van der Waals surface area contributed by atoms with Crippen molar-refractivity contribution in [2.24, 2.45) is 0 Å². The molecule has 0 fully saturated rings. The minimum absolute atomic E-state index is 0.134. The van der Waals surface area contributed by atoms with Crippen LogP contribution in [0.5, 0.6) is 5.75 Å². The molecule has 126 valence electrons. The van der Waals surface area contributed by atoms with E-state index in [1.807, 2.05) is 50.2 Å². The third-order valence-corrected chi connectivity index (χ3v) is 4.26. The van der Waals surface area contributed by atoms with Gasteiger partial charge in [0.2, 0.25) is 0 Å². The first-order valence-electron chi connectivity index (χ1n) is 7.87. The summed E-state index contributed by atoms with van der Waals surface area (Å²) in [6.07, 6.45) is 0. The molecule has 5 heteroatoms. The lowest BCUT2D eigenvalue weighted by Gasteiger charge is -2.09. The van der Waals surface area contributed by atoms with Gasteiger partial charge in [0.1, 0.15) is 17.0 Å². The molecule has 4 aromatic rings. The molecule has 0 unspecified atom stereocenters. The lowest BCUT2D eigenvalue weighted by Crippen LogP contribution is -2.02. The summed E-state index contributed by atoms with van der Waals surface area (Å²) < 4.78 is 35.3. The highest BCUT2D eigenvalue weighted by Gasteiger charge is 2.15. The maximum atomic E-state index is 12.4. The van der Waals surface area contributed by atoms with E-state index in [1.54, 1.807) is 12.1 Å². The van der Waals surface area contributed by atoms with Gasteiger partial charge < -0.3 is 9.15 Å². The molecule has 2 aromatic heterocycles. The van der Waals surface area contributed by atoms with Gasteiger partial charge in [-0.25, -0.2) is 4.98 Å². The van der Waals surface area contributed by atoms with Crippen LogP contribution in [0.3, 0.4) is 0 Å². The second-order valence-corrected chi connectivity index (χ2v) is 5.94. The molecule has 0 saturated carbocycles. The number of alkyl halides is 2. The van der Waals surface area contributed by atoms with Crippen LogP contribution in [0.4, 0.5) is 8.78 Å². The van der Waals surface area contributed by atoms with Crippen LogP contribution in [0.1, 0.15) is 11.1 Å². The van der Waals surface area contributed by atoms with Crippen molar-refractivity contribution in [3.05, 3.63) is 59.7 Å². The molecule has 0 aliphatic rings. The highest BCUT2D eigenvalue weighted by molar-refractivity contribution is 5.89. The van der Waals surface area contributed by atoms with Gasteiger partial charge in [-0.05, 0) is 43.7 Å². The lowest BCUT2D eigenvalue weighted by molar-refractivity contribution is -0.0497. The first-order chi connectivity index (χ1) is 12.0. The Morgan fingerprint density at radius 2 is 1.84 bits per heavy atom. The third-order valence-electron chi connectivity index (χ3n) is 4.26. The zero-order valence-corrected chi connectivity index (χ0v) is 13.7. The zero-order chi connectivity index (χ0) is 17.6. The number of ether oxygens (including phenoxy) is 1. The van der Waals surface area contributed by atoms with Crippen LogP contribution < -0.4 is 4.74 Å². The summed E-state index contributed by atoms with van der Waals surface area (Å²) in [6.45, 7) is 0.977. The van der Waals surface area contributed by atoms with Gasteiger partial charge in [-0.2, -0.15) is 8.78 Å². The lowest BCUT2D eigenvalue weighted by atomic mass is 10.1. The van der Waals surface area contributed by atoms with E-state index in [2.05, 4.69) is 9.72 Å². The van der Waals surface area contributed by atoms with Crippen molar-refractivity contribution in [2.75, 3.05) is 0 Å². The standard InChI is InChI=1S/C20H15F2NO2/c1-11-9-14(24-20(21)22)10-13-7-8-16(23-18(11)13)19-12(2)15-5-3-4-6-17(15)25-19/h3-10,20H,1-2H3. The third kappa shape index (κ3) is 2.71. The molecule has 0 bridgehead atoms. The molecule has 25 heavy (non-hydrogen) atoms. The molecule has 0 aliphatic carbocycles. The number of rotatable bonds is 3. The van der Waals surface area contributed by atoms with Crippen LogP contribution in [0, 0.1) is 13.8 Å². The molecule has 0 atom stereocenters. The van der Waals surface area contributed by atoms with Crippen molar-refractivity contribution < 1.29 is 17.9 Å². The average molecular weight is 339 g/mol. The number of fused-ring (bicyclic) bond motifs is 2. The number of aryl methyl sites for hydroxylation is 2.